The Labute approximate surface area is 139 Å². The van der Waals surface area contributed by atoms with E-state index in [2.05, 4.69) is 60.7 Å². The minimum absolute atomic E-state index is 0. The molecule has 0 N–H and O–H groups in total. The fourth-order valence-electron chi connectivity index (χ4n) is 2.09. The van der Waals surface area contributed by atoms with Gasteiger partial charge in [0.15, 0.2) is 0 Å². The first-order chi connectivity index (χ1) is 7.45. The van der Waals surface area contributed by atoms with Crippen molar-refractivity contribution >= 4 is 6.08 Å². The summed E-state index contributed by atoms with van der Waals surface area (Å²) < 4.78 is 0. The largest absolute Gasteiger partial charge is 3.00 e. The number of rotatable bonds is 1. The second-order valence-corrected chi connectivity index (χ2v) is 3.78. The molecule has 0 amide bonds. The van der Waals surface area contributed by atoms with Gasteiger partial charge in [0.1, 0.15) is 0 Å². The summed E-state index contributed by atoms with van der Waals surface area (Å²) in [6, 6.07) is 19.0. The van der Waals surface area contributed by atoms with E-state index in [1.54, 1.807) is 0 Å². The minimum atomic E-state index is 0. The monoisotopic (exact) mass is 351 g/mol. The Morgan fingerprint density at radius 1 is 0.778 bits per heavy atom. The summed E-state index contributed by atoms with van der Waals surface area (Å²) in [6.45, 7) is 0. The standard InChI is InChI=1S/C15H11.2ClH.Zr/c1-2-6-12(7-3-1)15-11-10-13-8-4-5-9-14(13)15;;;/h1-10,15H;2*1H;/q-1;;;+3/p-2. The zero-order valence-electron chi connectivity index (χ0n) is 9.61. The van der Waals surface area contributed by atoms with Gasteiger partial charge in [0.25, 0.3) is 0 Å². The Morgan fingerprint density at radius 3 is 2.11 bits per heavy atom. The predicted octanol–water partition coefficient (Wildman–Crippen LogP) is -2.35. The third-order valence-corrected chi connectivity index (χ3v) is 2.85. The fourth-order valence-corrected chi connectivity index (χ4v) is 2.09. The molecule has 1 unspecified atom stereocenters. The summed E-state index contributed by atoms with van der Waals surface area (Å²) in [6.07, 6.45) is 5.50. The van der Waals surface area contributed by atoms with E-state index in [0.717, 1.165) is 0 Å². The van der Waals surface area contributed by atoms with E-state index in [9.17, 15) is 0 Å². The van der Waals surface area contributed by atoms with Gasteiger partial charge in [-0.1, -0.05) is 60.0 Å². The van der Waals surface area contributed by atoms with Gasteiger partial charge in [-0.15, -0.1) is 11.6 Å². The molecule has 89 valence electrons. The van der Waals surface area contributed by atoms with Gasteiger partial charge in [-0.25, -0.2) is 6.08 Å². The van der Waals surface area contributed by atoms with Crippen LogP contribution in [0.4, 0.5) is 0 Å². The van der Waals surface area contributed by atoms with E-state index < -0.39 is 0 Å². The van der Waals surface area contributed by atoms with Crippen LogP contribution in [0.1, 0.15) is 22.6 Å². The zero-order chi connectivity index (χ0) is 10.1. The van der Waals surface area contributed by atoms with Crippen LogP contribution in [0.2, 0.25) is 0 Å². The first kappa shape index (κ1) is 17.6. The predicted molar refractivity (Wildman–Crippen MR) is 62.4 cm³/mol. The van der Waals surface area contributed by atoms with Crippen molar-refractivity contribution in [2.45, 2.75) is 5.92 Å². The van der Waals surface area contributed by atoms with Crippen molar-refractivity contribution in [3.05, 3.63) is 77.4 Å². The van der Waals surface area contributed by atoms with Crippen LogP contribution in [0.15, 0.2) is 54.6 Å². The van der Waals surface area contributed by atoms with Crippen molar-refractivity contribution in [1.82, 2.24) is 0 Å². The maximum Gasteiger partial charge on any atom is 3.00 e. The molecule has 0 saturated heterocycles. The first-order valence-corrected chi connectivity index (χ1v) is 5.18. The van der Waals surface area contributed by atoms with Crippen molar-refractivity contribution < 1.29 is 51.0 Å². The number of hydrogen-bond acceptors (Lipinski definition) is 0. The van der Waals surface area contributed by atoms with E-state index >= 15 is 0 Å². The van der Waals surface area contributed by atoms with Crippen molar-refractivity contribution in [2.24, 2.45) is 0 Å². The van der Waals surface area contributed by atoms with Crippen molar-refractivity contribution in [3.8, 4) is 0 Å². The van der Waals surface area contributed by atoms with Gasteiger partial charge in [-0.2, -0.15) is 5.56 Å². The normalized spacial score (nSPS) is 14.8. The molecule has 0 heterocycles. The van der Waals surface area contributed by atoms with Crippen LogP contribution >= 0.6 is 0 Å². The molecule has 1 aliphatic carbocycles. The molecule has 0 aromatic heterocycles. The number of allylic oxidation sites excluding steroid dienone is 1. The zero-order valence-corrected chi connectivity index (χ0v) is 13.6. The first-order valence-electron chi connectivity index (χ1n) is 5.18. The van der Waals surface area contributed by atoms with Gasteiger partial charge < -0.3 is 24.8 Å². The second-order valence-electron chi connectivity index (χ2n) is 3.78. The summed E-state index contributed by atoms with van der Waals surface area (Å²) in [5, 5.41) is 0. The summed E-state index contributed by atoms with van der Waals surface area (Å²) in [7, 11) is 0. The molecule has 1 radical (unpaired) electrons. The molecule has 2 aromatic carbocycles. The molecular weight excluding hydrogens is 342 g/mol. The van der Waals surface area contributed by atoms with Crippen LogP contribution in [-0.4, -0.2) is 0 Å². The van der Waals surface area contributed by atoms with Gasteiger partial charge in [0.2, 0.25) is 0 Å². The van der Waals surface area contributed by atoms with Crippen LogP contribution in [0.3, 0.4) is 0 Å². The average molecular weight is 353 g/mol. The van der Waals surface area contributed by atoms with E-state index in [1.165, 1.54) is 16.7 Å². The van der Waals surface area contributed by atoms with Crippen LogP contribution in [-0.2, 0) is 26.2 Å². The van der Waals surface area contributed by atoms with Crippen LogP contribution in [0.5, 0.6) is 0 Å². The minimum Gasteiger partial charge on any atom is -1.00 e. The SMILES string of the molecule is [C-]1=Cc2ccccc2C1c1ccccc1.[Cl-].[Cl-].[Zr+3]. The molecule has 3 heteroatoms. The molecule has 1 aliphatic rings. The summed E-state index contributed by atoms with van der Waals surface area (Å²) in [4.78, 5) is 0. The molecule has 0 spiro atoms. The quantitative estimate of drug-likeness (QED) is 0.504. The van der Waals surface area contributed by atoms with Crippen LogP contribution in [0, 0.1) is 6.08 Å². The summed E-state index contributed by atoms with van der Waals surface area (Å²) in [5.74, 6) is 0.322. The topological polar surface area (TPSA) is 0 Å². The van der Waals surface area contributed by atoms with Gasteiger partial charge in [0, 0.05) is 0 Å². The molecule has 1 atom stereocenters. The number of halogens is 2. The Balaban J connectivity index is 0.000000963. The number of hydrogen-bond donors (Lipinski definition) is 0. The third kappa shape index (κ3) is 3.35. The Morgan fingerprint density at radius 2 is 1.39 bits per heavy atom. The Bertz CT molecular complexity index is 509. The Hall–Kier alpha value is -0.357. The maximum absolute atomic E-state index is 3.41. The second kappa shape index (κ2) is 7.94. The maximum atomic E-state index is 3.41. The summed E-state index contributed by atoms with van der Waals surface area (Å²) >= 11 is 0. The summed E-state index contributed by atoms with van der Waals surface area (Å²) in [5.41, 5.74) is 3.98. The van der Waals surface area contributed by atoms with Crippen molar-refractivity contribution in [2.75, 3.05) is 0 Å². The van der Waals surface area contributed by atoms with E-state index in [-0.39, 0.29) is 51.0 Å². The molecular formula is C15H11Cl2Zr. The van der Waals surface area contributed by atoms with Crippen LogP contribution < -0.4 is 24.8 Å². The van der Waals surface area contributed by atoms with Crippen LogP contribution in [0.25, 0.3) is 6.08 Å². The molecule has 0 aliphatic heterocycles. The smallest absolute Gasteiger partial charge is 1.00 e. The van der Waals surface area contributed by atoms with Gasteiger partial charge in [0.05, 0.1) is 0 Å². The third-order valence-electron chi connectivity index (χ3n) is 2.85. The number of benzene rings is 2. The molecule has 2 aromatic rings. The number of fused-ring (bicyclic) bond motifs is 1. The Kier molecular flexibility index (Phi) is 7.79. The molecule has 18 heavy (non-hydrogen) atoms. The van der Waals surface area contributed by atoms with E-state index in [4.69, 9.17) is 0 Å². The molecule has 0 bridgehead atoms. The fraction of sp³-hybridized carbons (Fsp3) is 0.0667. The van der Waals surface area contributed by atoms with Gasteiger partial charge in [-0.3, -0.25) is 6.08 Å². The van der Waals surface area contributed by atoms with Gasteiger partial charge in [-0.05, 0) is 0 Å². The molecule has 3 rings (SSSR count). The average Bonchev–Trinajstić information content (AvgIpc) is 2.74. The van der Waals surface area contributed by atoms with E-state index in [0.29, 0.717) is 5.92 Å². The van der Waals surface area contributed by atoms with Crippen molar-refractivity contribution in [1.29, 1.82) is 0 Å². The molecule has 0 nitrogen and oxygen atoms in total. The molecule has 0 saturated carbocycles. The van der Waals surface area contributed by atoms with E-state index in [1.807, 2.05) is 6.07 Å². The van der Waals surface area contributed by atoms with Gasteiger partial charge >= 0.3 is 26.2 Å². The van der Waals surface area contributed by atoms with Crippen molar-refractivity contribution in [3.63, 3.8) is 0 Å². The molecule has 0 fully saturated rings.